The molecule has 2 aromatic rings. The number of benzene rings is 1. The van der Waals surface area contributed by atoms with E-state index in [9.17, 15) is 8.42 Å². The van der Waals surface area contributed by atoms with Crippen molar-refractivity contribution < 1.29 is 22.3 Å². The topological polar surface area (TPSA) is 69.0 Å². The van der Waals surface area contributed by atoms with Crippen molar-refractivity contribution in [1.29, 1.82) is 0 Å². The van der Waals surface area contributed by atoms with Crippen molar-refractivity contribution in [3.05, 3.63) is 42.4 Å². The van der Waals surface area contributed by atoms with Gasteiger partial charge in [-0.2, -0.15) is 4.31 Å². The second kappa shape index (κ2) is 6.19. The number of furan rings is 1. The average Bonchev–Trinajstić information content (AvgIpc) is 2.99. The van der Waals surface area contributed by atoms with E-state index >= 15 is 0 Å². The number of rotatable bonds is 6. The summed E-state index contributed by atoms with van der Waals surface area (Å²) >= 11 is 0. The van der Waals surface area contributed by atoms with E-state index in [2.05, 4.69) is 0 Å². The third kappa shape index (κ3) is 3.20. The molecular weight excluding hydrogens is 294 g/mol. The molecule has 114 valence electrons. The Bertz CT molecular complexity index is 694. The molecule has 0 saturated heterocycles. The molecule has 6 nitrogen and oxygen atoms in total. The van der Waals surface area contributed by atoms with Crippen LogP contribution in [0.4, 0.5) is 0 Å². The summed E-state index contributed by atoms with van der Waals surface area (Å²) < 4.78 is 41.8. The van der Waals surface area contributed by atoms with Crippen molar-refractivity contribution in [3.8, 4) is 11.5 Å². The molecule has 0 atom stereocenters. The summed E-state index contributed by atoms with van der Waals surface area (Å²) in [7, 11) is 0.721. The molecule has 1 heterocycles. The van der Waals surface area contributed by atoms with Gasteiger partial charge in [-0.3, -0.25) is 0 Å². The number of nitrogens with zero attached hydrogens (tertiary/aromatic N) is 1. The normalized spacial score (nSPS) is 11.6. The fourth-order valence-electron chi connectivity index (χ4n) is 1.86. The molecule has 2 rings (SSSR count). The monoisotopic (exact) mass is 311 g/mol. The van der Waals surface area contributed by atoms with Gasteiger partial charge in [-0.25, -0.2) is 8.42 Å². The number of sulfonamides is 1. The van der Waals surface area contributed by atoms with E-state index in [1.807, 2.05) is 0 Å². The third-order valence-corrected chi connectivity index (χ3v) is 4.86. The smallest absolute Gasteiger partial charge is 0.246 e. The molecule has 0 aliphatic heterocycles. The lowest BCUT2D eigenvalue weighted by atomic mass is 10.3. The van der Waals surface area contributed by atoms with Crippen molar-refractivity contribution in [2.75, 3.05) is 21.3 Å². The van der Waals surface area contributed by atoms with Crippen LogP contribution in [-0.2, 0) is 16.6 Å². The average molecular weight is 311 g/mol. The minimum absolute atomic E-state index is 0.0832. The van der Waals surface area contributed by atoms with E-state index in [0.29, 0.717) is 11.5 Å². The number of methoxy groups -OCH3 is 2. The number of hydrogen-bond acceptors (Lipinski definition) is 5. The minimum atomic E-state index is -3.69. The van der Waals surface area contributed by atoms with E-state index in [-0.39, 0.29) is 17.2 Å². The standard InChI is InChI=1S/C14H17NO5S/c1-15(10-12-5-4-8-20-12)21(16,17)14-7-6-11(18-2)9-13(14)19-3/h4-9H,10H2,1-3H3. The van der Waals surface area contributed by atoms with Gasteiger partial charge in [-0.1, -0.05) is 0 Å². The van der Waals surface area contributed by atoms with Gasteiger partial charge in [-0.05, 0) is 24.3 Å². The fourth-order valence-corrected chi connectivity index (χ4v) is 3.13. The fraction of sp³-hybridized carbons (Fsp3) is 0.286. The van der Waals surface area contributed by atoms with Crippen molar-refractivity contribution in [2.45, 2.75) is 11.4 Å². The Morgan fingerprint density at radius 1 is 1.19 bits per heavy atom. The van der Waals surface area contributed by atoms with Crippen molar-refractivity contribution in [1.82, 2.24) is 4.31 Å². The predicted molar refractivity (Wildman–Crippen MR) is 76.9 cm³/mol. The first-order chi connectivity index (χ1) is 9.98. The Hall–Kier alpha value is -1.99. The first-order valence-corrected chi connectivity index (χ1v) is 7.64. The Morgan fingerprint density at radius 3 is 2.52 bits per heavy atom. The molecule has 0 radical (unpaired) electrons. The molecule has 0 unspecified atom stereocenters. The van der Waals surface area contributed by atoms with E-state index in [0.717, 1.165) is 0 Å². The molecule has 21 heavy (non-hydrogen) atoms. The number of hydrogen-bond donors (Lipinski definition) is 0. The molecule has 0 amide bonds. The highest BCUT2D eigenvalue weighted by molar-refractivity contribution is 7.89. The van der Waals surface area contributed by atoms with Gasteiger partial charge >= 0.3 is 0 Å². The Labute approximate surface area is 123 Å². The maximum absolute atomic E-state index is 12.6. The highest BCUT2D eigenvalue weighted by Crippen LogP contribution is 2.30. The highest BCUT2D eigenvalue weighted by atomic mass is 32.2. The molecule has 1 aromatic carbocycles. The summed E-state index contributed by atoms with van der Waals surface area (Å²) in [4.78, 5) is 0.0832. The van der Waals surface area contributed by atoms with Gasteiger partial charge in [0.05, 0.1) is 27.0 Å². The van der Waals surface area contributed by atoms with E-state index in [4.69, 9.17) is 13.9 Å². The summed E-state index contributed by atoms with van der Waals surface area (Å²) in [5.74, 6) is 1.33. The molecule has 0 N–H and O–H groups in total. The summed E-state index contributed by atoms with van der Waals surface area (Å²) in [6.45, 7) is 0.143. The summed E-state index contributed by atoms with van der Waals surface area (Å²) in [5.41, 5.74) is 0. The Kier molecular flexibility index (Phi) is 4.54. The third-order valence-electron chi connectivity index (χ3n) is 3.02. The maximum atomic E-state index is 12.6. The van der Waals surface area contributed by atoms with Gasteiger partial charge in [0.2, 0.25) is 10.0 Å². The van der Waals surface area contributed by atoms with Gasteiger partial charge in [0.15, 0.2) is 0 Å². The van der Waals surface area contributed by atoms with Crippen molar-refractivity contribution in [2.24, 2.45) is 0 Å². The lowest BCUT2D eigenvalue weighted by Crippen LogP contribution is -2.26. The minimum Gasteiger partial charge on any atom is -0.497 e. The zero-order valence-corrected chi connectivity index (χ0v) is 12.9. The largest absolute Gasteiger partial charge is 0.497 e. The zero-order chi connectivity index (χ0) is 15.5. The molecule has 7 heteroatoms. The van der Waals surface area contributed by atoms with Gasteiger partial charge in [0.25, 0.3) is 0 Å². The second-order valence-electron chi connectivity index (χ2n) is 4.36. The summed E-state index contributed by atoms with van der Waals surface area (Å²) in [6, 6.07) is 8.01. The van der Waals surface area contributed by atoms with Crippen LogP contribution in [0.5, 0.6) is 11.5 Å². The van der Waals surface area contributed by atoms with Gasteiger partial charge in [0.1, 0.15) is 22.2 Å². The van der Waals surface area contributed by atoms with Crippen LogP contribution in [0.25, 0.3) is 0 Å². The predicted octanol–water partition coefficient (Wildman–Crippen LogP) is 2.12. The SMILES string of the molecule is COc1ccc(S(=O)(=O)N(C)Cc2ccco2)c(OC)c1. The lowest BCUT2D eigenvalue weighted by molar-refractivity contribution is 0.379. The zero-order valence-electron chi connectivity index (χ0n) is 12.1. The summed E-state index contributed by atoms with van der Waals surface area (Å²) in [6.07, 6.45) is 1.50. The van der Waals surface area contributed by atoms with Gasteiger partial charge in [0, 0.05) is 13.1 Å². The molecular formula is C14H17NO5S. The van der Waals surface area contributed by atoms with E-state index in [1.165, 1.54) is 44.0 Å². The van der Waals surface area contributed by atoms with Crippen LogP contribution in [0, 0.1) is 0 Å². The maximum Gasteiger partial charge on any atom is 0.246 e. The van der Waals surface area contributed by atoms with Crippen molar-refractivity contribution >= 4 is 10.0 Å². The Balaban J connectivity index is 2.34. The highest BCUT2D eigenvalue weighted by Gasteiger charge is 2.25. The first kappa shape index (κ1) is 15.4. The van der Waals surface area contributed by atoms with Crippen LogP contribution in [0.1, 0.15) is 5.76 Å². The molecule has 1 aromatic heterocycles. The molecule has 0 aliphatic carbocycles. The summed E-state index contributed by atoms with van der Waals surface area (Å²) in [5, 5.41) is 0. The van der Waals surface area contributed by atoms with Crippen LogP contribution in [-0.4, -0.2) is 34.0 Å². The molecule has 0 saturated carbocycles. The Morgan fingerprint density at radius 2 is 1.95 bits per heavy atom. The van der Waals surface area contributed by atoms with E-state index in [1.54, 1.807) is 18.2 Å². The van der Waals surface area contributed by atoms with Crippen LogP contribution in [0.15, 0.2) is 45.9 Å². The van der Waals surface area contributed by atoms with Crippen molar-refractivity contribution in [3.63, 3.8) is 0 Å². The quantitative estimate of drug-likeness (QED) is 0.817. The van der Waals surface area contributed by atoms with Crippen LogP contribution < -0.4 is 9.47 Å². The molecule has 0 bridgehead atoms. The lowest BCUT2D eigenvalue weighted by Gasteiger charge is -2.18. The first-order valence-electron chi connectivity index (χ1n) is 6.19. The van der Waals surface area contributed by atoms with E-state index < -0.39 is 10.0 Å². The van der Waals surface area contributed by atoms with Crippen LogP contribution >= 0.6 is 0 Å². The number of ether oxygens (including phenoxy) is 2. The van der Waals surface area contributed by atoms with Gasteiger partial charge < -0.3 is 13.9 Å². The molecule has 0 aliphatic rings. The van der Waals surface area contributed by atoms with Crippen LogP contribution in [0.3, 0.4) is 0 Å². The van der Waals surface area contributed by atoms with Crippen LogP contribution in [0.2, 0.25) is 0 Å². The molecule has 0 fully saturated rings. The molecule has 0 spiro atoms. The van der Waals surface area contributed by atoms with Gasteiger partial charge in [-0.15, -0.1) is 0 Å². The second-order valence-corrected chi connectivity index (χ2v) is 6.37.